The Kier molecular flexibility index (Phi) is 6.58. The van der Waals surface area contributed by atoms with Gasteiger partial charge >= 0.3 is 4.87 Å². The highest BCUT2D eigenvalue weighted by Crippen LogP contribution is 2.54. The number of aryl methyl sites for hydroxylation is 1. The highest BCUT2D eigenvalue weighted by atomic mass is 32.2. The fourth-order valence-corrected chi connectivity index (χ4v) is 7.54. The average molecular weight is 558 g/mol. The van der Waals surface area contributed by atoms with E-state index in [9.17, 15) is 19.2 Å². The number of aromatic nitrogens is 1. The van der Waals surface area contributed by atoms with Crippen molar-refractivity contribution in [1.82, 2.24) is 4.98 Å². The molecule has 2 aliphatic heterocycles. The quantitative estimate of drug-likeness (QED) is 0.337. The maximum absolute atomic E-state index is 13.9. The van der Waals surface area contributed by atoms with Crippen molar-refractivity contribution in [3.05, 3.63) is 105 Å². The largest absolute Gasteiger partial charge is 0.483 e. The topological polar surface area (TPSA) is 109 Å². The van der Waals surface area contributed by atoms with Crippen LogP contribution in [0, 0.1) is 12.8 Å². The summed E-state index contributed by atoms with van der Waals surface area (Å²) in [4.78, 5) is 56.9. The lowest BCUT2D eigenvalue weighted by Crippen LogP contribution is -2.32. The van der Waals surface area contributed by atoms with Crippen LogP contribution in [0.15, 0.2) is 88.7 Å². The van der Waals surface area contributed by atoms with Crippen molar-refractivity contribution in [2.45, 2.75) is 23.1 Å². The highest BCUT2D eigenvalue weighted by molar-refractivity contribution is 8.00. The number of imide groups is 1. The molecule has 3 atom stereocenters. The number of thiazole rings is 1. The minimum absolute atomic E-state index is 0.250. The second-order valence-corrected chi connectivity index (χ2v) is 11.5. The molecule has 39 heavy (non-hydrogen) atoms. The number of thioether (sulfide) groups is 1. The molecule has 1 saturated heterocycles. The molecule has 8 nitrogen and oxygen atoms in total. The van der Waals surface area contributed by atoms with Crippen LogP contribution in [0.4, 0.5) is 11.4 Å². The molecule has 0 radical (unpaired) electrons. The standard InChI is InChI=1S/C29H23N3O5S2/c1-16-11-13-17(14-12-16)30-21(33)15-37-20-10-6-5-9-19(20)22-23-25(38-26-24(22)39-29(36)31-26)28(35)32(27(23)34)18-7-3-2-4-8-18/h2-14,22-23,25H,15H2,1H3,(H,30,33)(H,31,36). The van der Waals surface area contributed by atoms with E-state index in [0.29, 0.717) is 32.6 Å². The summed E-state index contributed by atoms with van der Waals surface area (Å²) < 4.78 is 5.98. The Morgan fingerprint density at radius 1 is 0.949 bits per heavy atom. The van der Waals surface area contributed by atoms with Gasteiger partial charge in [0.25, 0.3) is 5.91 Å². The van der Waals surface area contributed by atoms with Gasteiger partial charge in [-0.05, 0) is 37.3 Å². The third kappa shape index (κ3) is 4.66. The van der Waals surface area contributed by atoms with E-state index in [1.807, 2.05) is 49.4 Å². The predicted molar refractivity (Wildman–Crippen MR) is 151 cm³/mol. The Balaban J connectivity index is 1.33. The zero-order valence-electron chi connectivity index (χ0n) is 20.7. The van der Waals surface area contributed by atoms with Crippen LogP contribution < -0.4 is 19.8 Å². The van der Waals surface area contributed by atoms with Crippen LogP contribution in [0.1, 0.15) is 21.9 Å². The van der Waals surface area contributed by atoms with Gasteiger partial charge in [-0.3, -0.25) is 19.2 Å². The van der Waals surface area contributed by atoms with E-state index in [4.69, 9.17) is 4.74 Å². The summed E-state index contributed by atoms with van der Waals surface area (Å²) in [6.07, 6.45) is 0. The van der Waals surface area contributed by atoms with Crippen molar-refractivity contribution in [3.63, 3.8) is 0 Å². The number of ether oxygens (including phenoxy) is 1. The first-order chi connectivity index (χ1) is 18.9. The Labute approximate surface area is 232 Å². The van der Waals surface area contributed by atoms with Crippen molar-refractivity contribution in [2.75, 3.05) is 16.8 Å². The monoisotopic (exact) mass is 557 g/mol. The van der Waals surface area contributed by atoms with Crippen molar-refractivity contribution >= 4 is 52.2 Å². The van der Waals surface area contributed by atoms with Crippen LogP contribution in [0.25, 0.3) is 0 Å². The van der Waals surface area contributed by atoms with E-state index >= 15 is 0 Å². The number of fused-ring (bicyclic) bond motifs is 2. The number of hydrogen-bond donors (Lipinski definition) is 2. The summed E-state index contributed by atoms with van der Waals surface area (Å²) in [5.41, 5.74) is 2.89. The average Bonchev–Trinajstić information content (AvgIpc) is 3.43. The van der Waals surface area contributed by atoms with Crippen molar-refractivity contribution in [2.24, 2.45) is 5.92 Å². The number of H-pyrrole nitrogens is 1. The number of carbonyl (C=O) groups excluding carboxylic acids is 3. The molecule has 0 bridgehead atoms. The molecule has 3 aromatic carbocycles. The number of hydrogen-bond acceptors (Lipinski definition) is 7. The van der Waals surface area contributed by atoms with E-state index in [-0.39, 0.29) is 29.2 Å². The van der Waals surface area contributed by atoms with E-state index in [1.54, 1.807) is 36.4 Å². The first-order valence-corrected chi connectivity index (χ1v) is 14.0. The predicted octanol–water partition coefficient (Wildman–Crippen LogP) is 4.56. The molecule has 4 aromatic rings. The molecule has 3 heterocycles. The smallest absolute Gasteiger partial charge is 0.305 e. The van der Waals surface area contributed by atoms with Gasteiger partial charge in [0.05, 0.1) is 16.6 Å². The van der Waals surface area contributed by atoms with Crippen molar-refractivity contribution < 1.29 is 19.1 Å². The zero-order chi connectivity index (χ0) is 27.1. The van der Waals surface area contributed by atoms with Gasteiger partial charge in [0.15, 0.2) is 6.61 Å². The maximum atomic E-state index is 13.9. The Hall–Kier alpha value is -4.15. The first kappa shape index (κ1) is 25.1. The number of para-hydroxylation sites is 2. The summed E-state index contributed by atoms with van der Waals surface area (Å²) in [6, 6.07) is 23.4. The van der Waals surface area contributed by atoms with E-state index in [0.717, 1.165) is 16.9 Å². The lowest BCUT2D eigenvalue weighted by molar-refractivity contribution is -0.122. The Bertz CT molecular complexity index is 1630. The van der Waals surface area contributed by atoms with Gasteiger partial charge in [-0.15, -0.1) is 0 Å². The number of carbonyl (C=O) groups is 3. The molecule has 0 aliphatic carbocycles. The van der Waals surface area contributed by atoms with Crippen LogP contribution in [0.2, 0.25) is 0 Å². The normalized spacial score (nSPS) is 19.9. The molecular weight excluding hydrogens is 534 g/mol. The second-order valence-electron chi connectivity index (χ2n) is 9.34. The molecule has 1 aromatic heterocycles. The van der Waals surface area contributed by atoms with Gasteiger partial charge in [0.2, 0.25) is 11.8 Å². The van der Waals surface area contributed by atoms with Gasteiger partial charge in [-0.2, -0.15) is 0 Å². The number of amides is 3. The second kappa shape index (κ2) is 10.2. The Morgan fingerprint density at radius 2 is 1.67 bits per heavy atom. The number of rotatable bonds is 6. The lowest BCUT2D eigenvalue weighted by Gasteiger charge is -2.30. The molecular formula is C29H23N3O5S2. The van der Waals surface area contributed by atoms with E-state index in [1.165, 1.54) is 16.7 Å². The number of anilines is 2. The number of aromatic amines is 1. The summed E-state index contributed by atoms with van der Waals surface area (Å²) in [6.45, 7) is 1.72. The third-order valence-electron chi connectivity index (χ3n) is 6.79. The van der Waals surface area contributed by atoms with Crippen LogP contribution >= 0.6 is 23.1 Å². The molecule has 10 heteroatoms. The van der Waals surface area contributed by atoms with Gasteiger partial charge in [0.1, 0.15) is 11.0 Å². The molecule has 3 amide bonds. The summed E-state index contributed by atoms with van der Waals surface area (Å²) in [7, 11) is 0. The van der Waals surface area contributed by atoms with Crippen molar-refractivity contribution in [3.8, 4) is 5.75 Å². The van der Waals surface area contributed by atoms with Crippen LogP contribution in [0.5, 0.6) is 5.75 Å². The van der Waals surface area contributed by atoms with Gasteiger partial charge < -0.3 is 15.0 Å². The highest BCUT2D eigenvalue weighted by Gasteiger charge is 2.56. The number of benzene rings is 3. The van der Waals surface area contributed by atoms with Crippen molar-refractivity contribution in [1.29, 1.82) is 0 Å². The molecule has 6 rings (SSSR count). The molecule has 0 saturated carbocycles. The van der Waals surface area contributed by atoms with Gasteiger partial charge in [-0.25, -0.2) is 4.90 Å². The van der Waals surface area contributed by atoms with Gasteiger partial charge in [0, 0.05) is 22.0 Å². The molecule has 1 fully saturated rings. The van der Waals surface area contributed by atoms with Crippen LogP contribution in [0.3, 0.4) is 0 Å². The number of nitrogens with one attached hydrogen (secondary N) is 2. The minimum Gasteiger partial charge on any atom is -0.483 e. The van der Waals surface area contributed by atoms with Crippen LogP contribution in [-0.4, -0.2) is 34.6 Å². The van der Waals surface area contributed by atoms with Gasteiger partial charge in [-0.1, -0.05) is 77.2 Å². The van der Waals surface area contributed by atoms with E-state index in [2.05, 4.69) is 10.3 Å². The molecule has 196 valence electrons. The molecule has 2 aliphatic rings. The third-order valence-corrected chi connectivity index (χ3v) is 9.19. The summed E-state index contributed by atoms with van der Waals surface area (Å²) >= 11 is 2.25. The Morgan fingerprint density at radius 3 is 2.44 bits per heavy atom. The molecule has 0 spiro atoms. The molecule has 3 unspecified atom stereocenters. The number of nitrogens with zero attached hydrogens (tertiary/aromatic N) is 1. The fraction of sp³-hybridized carbons (Fsp3) is 0.172. The maximum Gasteiger partial charge on any atom is 0.305 e. The minimum atomic E-state index is -0.743. The fourth-order valence-electron chi connectivity index (χ4n) is 5.03. The zero-order valence-corrected chi connectivity index (χ0v) is 22.4. The lowest BCUT2D eigenvalue weighted by atomic mass is 9.82. The SMILES string of the molecule is Cc1ccc(NC(=O)COc2ccccc2C2c3sc(=O)[nH]c3SC3C(=O)N(c4ccccc4)C(=O)C32)cc1. The van der Waals surface area contributed by atoms with E-state index < -0.39 is 17.1 Å². The first-order valence-electron chi connectivity index (χ1n) is 12.3. The molecule has 2 N–H and O–H groups in total. The summed E-state index contributed by atoms with van der Waals surface area (Å²) in [5, 5.41) is 2.69. The summed E-state index contributed by atoms with van der Waals surface area (Å²) in [5.74, 6) is -1.91. The van der Waals surface area contributed by atoms with Crippen LogP contribution in [-0.2, 0) is 14.4 Å².